The van der Waals surface area contributed by atoms with Crippen LogP contribution in [0.1, 0.15) is 17.0 Å². The number of nitrogens with one attached hydrogen (secondary N) is 1. The molecule has 3 aromatic rings. The van der Waals surface area contributed by atoms with E-state index in [1.807, 2.05) is 37.7 Å². The molecule has 0 spiro atoms. The number of aryl methyl sites for hydroxylation is 1. The molecule has 0 bridgehead atoms. The van der Waals surface area contributed by atoms with Crippen molar-refractivity contribution in [2.45, 2.75) is 20.3 Å². The number of carbonyl (C=O) groups is 1. The molecule has 5 nitrogen and oxygen atoms in total. The monoisotopic (exact) mass is 458 g/mol. The molecular weight excluding hydrogens is 435 g/mol. The zero-order valence-corrected chi connectivity index (χ0v) is 19.1. The first-order valence-electron chi connectivity index (χ1n) is 10.2. The summed E-state index contributed by atoms with van der Waals surface area (Å²) in [6.07, 6.45) is 0.196. The van der Waals surface area contributed by atoms with Gasteiger partial charge in [-0.3, -0.25) is 4.79 Å². The third kappa shape index (κ3) is 4.88. The second kappa shape index (κ2) is 9.32. The Morgan fingerprint density at radius 1 is 1.16 bits per heavy atom. The van der Waals surface area contributed by atoms with Crippen molar-refractivity contribution in [2.24, 2.45) is 0 Å². The van der Waals surface area contributed by atoms with Gasteiger partial charge in [0.15, 0.2) is 0 Å². The molecule has 162 valence electrons. The van der Waals surface area contributed by atoms with Crippen molar-refractivity contribution in [1.82, 2.24) is 9.78 Å². The fourth-order valence-corrected chi connectivity index (χ4v) is 4.98. The molecule has 4 rings (SSSR count). The summed E-state index contributed by atoms with van der Waals surface area (Å²) in [5.74, 6) is 1.76. The van der Waals surface area contributed by atoms with Gasteiger partial charge in [-0.05, 0) is 56.3 Å². The molecule has 0 atom stereocenters. The van der Waals surface area contributed by atoms with Crippen molar-refractivity contribution in [3.8, 4) is 5.69 Å². The van der Waals surface area contributed by atoms with Crippen molar-refractivity contribution >= 4 is 40.6 Å². The number of anilines is 2. The van der Waals surface area contributed by atoms with Crippen LogP contribution in [0.2, 0.25) is 5.02 Å². The zero-order chi connectivity index (χ0) is 22.0. The van der Waals surface area contributed by atoms with Crippen LogP contribution in [0, 0.1) is 19.7 Å². The van der Waals surface area contributed by atoms with Gasteiger partial charge in [-0.1, -0.05) is 11.6 Å². The second-order valence-corrected chi connectivity index (χ2v) is 9.16. The molecule has 2 aromatic carbocycles. The molecule has 1 aliphatic rings. The molecule has 0 radical (unpaired) electrons. The maximum Gasteiger partial charge on any atom is 0.228 e. The smallest absolute Gasteiger partial charge is 0.228 e. The summed E-state index contributed by atoms with van der Waals surface area (Å²) in [5.41, 5.74) is 4.92. The molecule has 8 heteroatoms. The Balaban J connectivity index is 1.46. The highest BCUT2D eigenvalue weighted by atomic mass is 35.5. The van der Waals surface area contributed by atoms with E-state index >= 15 is 0 Å². The summed E-state index contributed by atoms with van der Waals surface area (Å²) in [4.78, 5) is 15.0. The first-order chi connectivity index (χ1) is 14.9. The summed E-state index contributed by atoms with van der Waals surface area (Å²) >= 11 is 8.45. The number of hydrogen-bond donors (Lipinski definition) is 1. The lowest BCUT2D eigenvalue weighted by Crippen LogP contribution is -2.32. The maximum atomic E-state index is 13.2. The Kier molecular flexibility index (Phi) is 6.53. The van der Waals surface area contributed by atoms with E-state index in [9.17, 15) is 9.18 Å². The van der Waals surface area contributed by atoms with Crippen LogP contribution in [0.15, 0.2) is 42.5 Å². The normalized spacial score (nSPS) is 14.0. The molecular formula is C23H24ClFN4OS. The number of nitrogens with zero attached hydrogens (tertiary/aromatic N) is 3. The molecule has 0 saturated carbocycles. The lowest BCUT2D eigenvalue weighted by atomic mass is 10.1. The summed E-state index contributed by atoms with van der Waals surface area (Å²) in [7, 11) is 0. The molecule has 31 heavy (non-hydrogen) atoms. The lowest BCUT2D eigenvalue weighted by molar-refractivity contribution is -0.115. The van der Waals surface area contributed by atoms with Crippen LogP contribution in [-0.4, -0.2) is 40.3 Å². The Hall–Kier alpha value is -2.51. The molecule has 1 saturated heterocycles. The van der Waals surface area contributed by atoms with Gasteiger partial charge in [0.1, 0.15) is 5.82 Å². The lowest BCUT2D eigenvalue weighted by Gasteiger charge is -2.29. The van der Waals surface area contributed by atoms with Crippen molar-refractivity contribution in [2.75, 3.05) is 34.8 Å². The van der Waals surface area contributed by atoms with Crippen molar-refractivity contribution in [1.29, 1.82) is 0 Å². The molecule has 1 aliphatic heterocycles. The molecule has 0 unspecified atom stereocenters. The van der Waals surface area contributed by atoms with Gasteiger partial charge in [0.25, 0.3) is 0 Å². The maximum absolute atomic E-state index is 13.2. The van der Waals surface area contributed by atoms with Gasteiger partial charge in [0, 0.05) is 41.5 Å². The van der Waals surface area contributed by atoms with Gasteiger partial charge in [-0.2, -0.15) is 16.9 Å². The van der Waals surface area contributed by atoms with E-state index in [0.717, 1.165) is 52.9 Å². The van der Waals surface area contributed by atoms with Gasteiger partial charge < -0.3 is 10.2 Å². The molecule has 0 aliphatic carbocycles. The number of thioether (sulfide) groups is 1. The highest BCUT2D eigenvalue weighted by Gasteiger charge is 2.18. The summed E-state index contributed by atoms with van der Waals surface area (Å²) in [6, 6.07) is 11.8. The molecule has 1 amide bonds. The Labute approximate surface area is 190 Å². The molecule has 2 heterocycles. The minimum absolute atomic E-state index is 0.136. The first kappa shape index (κ1) is 21.7. The summed E-state index contributed by atoms with van der Waals surface area (Å²) < 4.78 is 15.0. The molecule has 1 aromatic heterocycles. The van der Waals surface area contributed by atoms with Crippen molar-refractivity contribution < 1.29 is 9.18 Å². The van der Waals surface area contributed by atoms with Crippen LogP contribution >= 0.6 is 23.4 Å². The van der Waals surface area contributed by atoms with E-state index in [0.29, 0.717) is 10.7 Å². The molecule has 1 fully saturated rings. The van der Waals surface area contributed by atoms with Crippen molar-refractivity contribution in [3.05, 3.63) is 70.3 Å². The standard InChI is InChI=1S/C23H24ClFN4OS/c1-15-20(16(2)29(27-15)19-6-3-17(25)4-7-19)14-23(30)26-18-5-8-22(21(24)13-18)28-9-11-31-12-10-28/h3-8,13H,9-12,14H2,1-2H3,(H,26,30). The Bertz CT molecular complexity index is 1090. The topological polar surface area (TPSA) is 50.2 Å². The van der Waals surface area contributed by atoms with Crippen LogP contribution in [0.3, 0.4) is 0 Å². The number of rotatable bonds is 5. The highest BCUT2D eigenvalue weighted by Crippen LogP contribution is 2.30. The van der Waals surface area contributed by atoms with Gasteiger partial charge >= 0.3 is 0 Å². The van der Waals surface area contributed by atoms with E-state index < -0.39 is 0 Å². The minimum Gasteiger partial charge on any atom is -0.369 e. The van der Waals surface area contributed by atoms with Crippen LogP contribution in [0.5, 0.6) is 0 Å². The fraction of sp³-hybridized carbons (Fsp3) is 0.304. The number of carbonyl (C=O) groups excluding carboxylic acids is 1. The zero-order valence-electron chi connectivity index (χ0n) is 17.5. The average molecular weight is 459 g/mol. The number of benzene rings is 2. The van der Waals surface area contributed by atoms with E-state index in [-0.39, 0.29) is 18.1 Å². The van der Waals surface area contributed by atoms with Crippen LogP contribution < -0.4 is 10.2 Å². The highest BCUT2D eigenvalue weighted by molar-refractivity contribution is 7.99. The largest absolute Gasteiger partial charge is 0.369 e. The number of aromatic nitrogens is 2. The SMILES string of the molecule is Cc1nn(-c2ccc(F)cc2)c(C)c1CC(=O)Nc1ccc(N2CCSCC2)c(Cl)c1. The van der Waals surface area contributed by atoms with Gasteiger partial charge in [-0.25, -0.2) is 9.07 Å². The number of amides is 1. The Morgan fingerprint density at radius 3 is 2.55 bits per heavy atom. The second-order valence-electron chi connectivity index (χ2n) is 7.53. The summed E-state index contributed by atoms with van der Waals surface area (Å²) in [5, 5.41) is 8.11. The van der Waals surface area contributed by atoms with E-state index in [2.05, 4.69) is 15.3 Å². The first-order valence-corrected chi connectivity index (χ1v) is 11.7. The van der Waals surface area contributed by atoms with E-state index in [1.54, 1.807) is 22.9 Å². The van der Waals surface area contributed by atoms with Gasteiger partial charge in [-0.15, -0.1) is 0 Å². The Morgan fingerprint density at radius 2 is 1.87 bits per heavy atom. The van der Waals surface area contributed by atoms with E-state index in [1.165, 1.54) is 12.1 Å². The quantitative estimate of drug-likeness (QED) is 0.583. The molecule has 1 N–H and O–H groups in total. The van der Waals surface area contributed by atoms with Crippen LogP contribution in [0.4, 0.5) is 15.8 Å². The van der Waals surface area contributed by atoms with Crippen LogP contribution in [-0.2, 0) is 11.2 Å². The predicted octanol–water partition coefficient (Wildman–Crippen LogP) is 5.02. The predicted molar refractivity (Wildman–Crippen MR) is 126 cm³/mol. The average Bonchev–Trinajstić information content (AvgIpc) is 3.03. The fourth-order valence-electron chi connectivity index (χ4n) is 3.78. The van der Waals surface area contributed by atoms with Crippen molar-refractivity contribution in [3.63, 3.8) is 0 Å². The van der Waals surface area contributed by atoms with Gasteiger partial charge in [0.2, 0.25) is 5.91 Å². The third-order valence-corrected chi connectivity index (χ3v) is 6.68. The number of halogens is 2. The summed E-state index contributed by atoms with van der Waals surface area (Å²) in [6.45, 7) is 5.74. The van der Waals surface area contributed by atoms with Gasteiger partial charge in [0.05, 0.1) is 28.5 Å². The number of hydrogen-bond acceptors (Lipinski definition) is 4. The van der Waals surface area contributed by atoms with E-state index in [4.69, 9.17) is 11.6 Å². The third-order valence-electron chi connectivity index (χ3n) is 5.43. The van der Waals surface area contributed by atoms with Crippen LogP contribution in [0.25, 0.3) is 5.69 Å². The minimum atomic E-state index is -0.297.